The molecule has 100 valence electrons. The number of nitrogen functional groups attached to an aromatic ring is 2. The third kappa shape index (κ3) is 3.75. The molecule has 2 aromatic rings. The summed E-state index contributed by atoms with van der Waals surface area (Å²) >= 11 is 9.56. The molecule has 0 unspecified atom stereocenters. The number of thioether (sulfide) groups is 2. The highest BCUT2D eigenvalue weighted by molar-refractivity contribution is 8.16. The number of hydrogen-bond acceptors (Lipinski definition) is 4. The molecule has 4 N–H and O–H groups in total. The summed E-state index contributed by atoms with van der Waals surface area (Å²) in [7, 11) is 0. The van der Waals surface area contributed by atoms with E-state index in [0.717, 1.165) is 20.6 Å². The van der Waals surface area contributed by atoms with E-state index in [4.69, 9.17) is 23.1 Å². The van der Waals surface area contributed by atoms with Crippen molar-refractivity contribution in [2.75, 3.05) is 16.6 Å². The van der Waals surface area contributed by atoms with Gasteiger partial charge in [0.2, 0.25) is 0 Å². The van der Waals surface area contributed by atoms with Crippen LogP contribution in [0.3, 0.4) is 0 Å². The molecule has 0 heterocycles. The van der Waals surface area contributed by atoms with Gasteiger partial charge in [-0.3, -0.25) is 0 Å². The molecule has 0 aliphatic rings. The van der Waals surface area contributed by atoms with E-state index < -0.39 is 0 Å². The van der Waals surface area contributed by atoms with Gasteiger partial charge in [0.05, 0.1) is 5.02 Å². The number of rotatable bonds is 4. The molecule has 0 fully saturated rings. The summed E-state index contributed by atoms with van der Waals surface area (Å²) in [6.45, 7) is 2.07. The van der Waals surface area contributed by atoms with E-state index in [-0.39, 0.29) is 0 Å². The van der Waals surface area contributed by atoms with Crippen LogP contribution in [0.2, 0.25) is 5.02 Å². The van der Waals surface area contributed by atoms with Gasteiger partial charge in [0.25, 0.3) is 0 Å². The highest BCUT2D eigenvalue weighted by Gasteiger charge is 2.06. The molecule has 0 aliphatic heterocycles. The fourth-order valence-corrected chi connectivity index (χ4v) is 4.12. The fraction of sp³-hybridized carbons (Fsp3) is 0.143. The summed E-state index contributed by atoms with van der Waals surface area (Å²) < 4.78 is 0. The lowest BCUT2D eigenvalue weighted by atomic mass is 10.2. The second kappa shape index (κ2) is 6.46. The minimum Gasteiger partial charge on any atom is -0.399 e. The quantitative estimate of drug-likeness (QED) is 0.490. The first-order chi connectivity index (χ1) is 9.08. The van der Waals surface area contributed by atoms with Crippen molar-refractivity contribution in [1.82, 2.24) is 0 Å². The van der Waals surface area contributed by atoms with Gasteiger partial charge in [0, 0.05) is 26.3 Å². The summed E-state index contributed by atoms with van der Waals surface area (Å²) in [5.41, 5.74) is 14.4. The van der Waals surface area contributed by atoms with E-state index in [2.05, 4.69) is 13.0 Å². The van der Waals surface area contributed by atoms with E-state index in [9.17, 15) is 0 Å². The molecule has 0 spiro atoms. The number of halogens is 1. The summed E-state index contributed by atoms with van der Waals surface area (Å²) in [5.74, 6) is 0. The van der Waals surface area contributed by atoms with Crippen molar-refractivity contribution in [3.63, 3.8) is 0 Å². The summed E-state index contributed by atoms with van der Waals surface area (Å²) in [4.78, 5) is 2.18. The molecule has 0 atom stereocenters. The van der Waals surface area contributed by atoms with Crippen LogP contribution in [0, 0.1) is 6.92 Å². The maximum atomic E-state index is 6.14. The SMILES string of the molecule is Cc1cccc(N)c1SCSc1ccc(N)cc1Cl. The summed E-state index contributed by atoms with van der Waals surface area (Å²) in [6.07, 6.45) is 0. The molecule has 0 aliphatic carbocycles. The Balaban J connectivity index is 2.00. The number of aryl methyl sites for hydroxylation is 1. The van der Waals surface area contributed by atoms with Gasteiger partial charge in [-0.05, 0) is 36.8 Å². The van der Waals surface area contributed by atoms with Gasteiger partial charge >= 0.3 is 0 Å². The Labute approximate surface area is 126 Å². The maximum Gasteiger partial charge on any atom is 0.0562 e. The van der Waals surface area contributed by atoms with E-state index in [1.807, 2.05) is 24.3 Å². The second-order valence-corrected chi connectivity index (χ2v) is 6.87. The maximum absolute atomic E-state index is 6.14. The Hall–Kier alpha value is -0.970. The molecule has 0 radical (unpaired) electrons. The van der Waals surface area contributed by atoms with Crippen LogP contribution in [0.1, 0.15) is 5.56 Å². The molecule has 0 aromatic heterocycles. The molecule has 2 nitrogen and oxygen atoms in total. The monoisotopic (exact) mass is 310 g/mol. The highest BCUT2D eigenvalue weighted by Crippen LogP contribution is 2.36. The van der Waals surface area contributed by atoms with Crippen molar-refractivity contribution in [2.45, 2.75) is 16.7 Å². The Kier molecular flexibility index (Phi) is 4.91. The lowest BCUT2D eigenvalue weighted by molar-refractivity contribution is 1.31. The van der Waals surface area contributed by atoms with Crippen LogP contribution >= 0.6 is 35.1 Å². The van der Waals surface area contributed by atoms with E-state index in [0.29, 0.717) is 10.7 Å². The molecule has 2 rings (SSSR count). The number of anilines is 2. The van der Waals surface area contributed by atoms with E-state index in [1.165, 1.54) is 5.56 Å². The van der Waals surface area contributed by atoms with Crippen molar-refractivity contribution in [3.05, 3.63) is 47.0 Å². The third-order valence-corrected chi connectivity index (χ3v) is 5.50. The van der Waals surface area contributed by atoms with Crippen LogP contribution in [0.25, 0.3) is 0 Å². The second-order valence-electron chi connectivity index (χ2n) is 4.09. The minimum atomic E-state index is 0.685. The van der Waals surface area contributed by atoms with Crippen LogP contribution in [-0.2, 0) is 0 Å². The van der Waals surface area contributed by atoms with Crippen molar-refractivity contribution >= 4 is 46.5 Å². The topological polar surface area (TPSA) is 52.0 Å². The van der Waals surface area contributed by atoms with Crippen LogP contribution in [0.5, 0.6) is 0 Å². The lowest BCUT2D eigenvalue weighted by Crippen LogP contribution is -1.91. The Bertz CT molecular complexity index is 567. The number of hydrogen-bond donors (Lipinski definition) is 2. The zero-order valence-corrected chi connectivity index (χ0v) is 12.9. The van der Waals surface area contributed by atoms with Gasteiger partial charge < -0.3 is 11.5 Å². The normalized spacial score (nSPS) is 10.6. The first kappa shape index (κ1) is 14.4. The van der Waals surface area contributed by atoms with E-state index >= 15 is 0 Å². The molecular weight excluding hydrogens is 296 g/mol. The summed E-state index contributed by atoms with van der Waals surface area (Å²) in [5, 5.41) is 1.56. The van der Waals surface area contributed by atoms with E-state index in [1.54, 1.807) is 29.6 Å². The third-order valence-electron chi connectivity index (χ3n) is 2.62. The van der Waals surface area contributed by atoms with Crippen molar-refractivity contribution in [2.24, 2.45) is 0 Å². The van der Waals surface area contributed by atoms with Crippen LogP contribution in [-0.4, -0.2) is 5.08 Å². The molecular formula is C14H15ClN2S2. The van der Waals surface area contributed by atoms with Gasteiger partial charge in [-0.15, -0.1) is 23.5 Å². The standard InChI is InChI=1S/C14H15ClN2S2/c1-9-3-2-4-12(17)14(9)19-8-18-13-6-5-10(16)7-11(13)15/h2-7H,8,16-17H2,1H3. The van der Waals surface area contributed by atoms with Crippen molar-refractivity contribution in [3.8, 4) is 0 Å². The zero-order chi connectivity index (χ0) is 13.8. The van der Waals surface area contributed by atoms with Gasteiger partial charge in [-0.1, -0.05) is 23.7 Å². The van der Waals surface area contributed by atoms with Crippen LogP contribution < -0.4 is 11.5 Å². The highest BCUT2D eigenvalue weighted by atomic mass is 35.5. The van der Waals surface area contributed by atoms with Crippen molar-refractivity contribution in [1.29, 1.82) is 0 Å². The largest absolute Gasteiger partial charge is 0.399 e. The minimum absolute atomic E-state index is 0.685. The average Bonchev–Trinajstić information content (AvgIpc) is 2.35. The lowest BCUT2D eigenvalue weighted by Gasteiger charge is -2.09. The van der Waals surface area contributed by atoms with Gasteiger partial charge in [-0.2, -0.15) is 0 Å². The first-order valence-electron chi connectivity index (χ1n) is 5.73. The van der Waals surface area contributed by atoms with Crippen LogP contribution in [0.4, 0.5) is 11.4 Å². The smallest absolute Gasteiger partial charge is 0.0562 e. The van der Waals surface area contributed by atoms with Crippen LogP contribution in [0.15, 0.2) is 46.2 Å². The Morgan fingerprint density at radius 1 is 1.11 bits per heavy atom. The van der Waals surface area contributed by atoms with Gasteiger partial charge in [0.1, 0.15) is 0 Å². The predicted molar refractivity (Wildman–Crippen MR) is 88.0 cm³/mol. The summed E-state index contributed by atoms with van der Waals surface area (Å²) in [6, 6.07) is 11.6. The fourth-order valence-electron chi connectivity index (χ4n) is 1.66. The number of benzene rings is 2. The molecule has 0 saturated carbocycles. The molecule has 0 amide bonds. The predicted octanol–water partition coefficient (Wildman–Crippen LogP) is 4.65. The molecule has 0 bridgehead atoms. The first-order valence-corrected chi connectivity index (χ1v) is 8.08. The molecule has 2 aromatic carbocycles. The van der Waals surface area contributed by atoms with Gasteiger partial charge in [0.15, 0.2) is 0 Å². The van der Waals surface area contributed by atoms with Gasteiger partial charge in [-0.25, -0.2) is 0 Å². The molecule has 5 heteroatoms. The zero-order valence-electron chi connectivity index (χ0n) is 10.5. The number of nitrogens with two attached hydrogens (primary N) is 2. The Morgan fingerprint density at radius 3 is 2.58 bits per heavy atom. The molecule has 19 heavy (non-hydrogen) atoms. The Morgan fingerprint density at radius 2 is 1.89 bits per heavy atom. The average molecular weight is 311 g/mol. The van der Waals surface area contributed by atoms with Crippen molar-refractivity contribution < 1.29 is 0 Å². The molecule has 0 saturated heterocycles.